The lowest BCUT2D eigenvalue weighted by Gasteiger charge is -2.17. The number of hydrogen-bond donors (Lipinski definition) is 1. The molecular formula is C9H13N3OS. The van der Waals surface area contributed by atoms with Crippen molar-refractivity contribution >= 4 is 22.4 Å². The number of aromatic nitrogens is 1. The highest BCUT2D eigenvalue weighted by Gasteiger charge is 2.26. The highest BCUT2D eigenvalue weighted by Crippen LogP contribution is 2.19. The van der Waals surface area contributed by atoms with E-state index < -0.39 is 0 Å². The molecule has 1 aromatic heterocycles. The lowest BCUT2D eigenvalue weighted by molar-refractivity contribution is -0.121. The molecule has 1 aromatic rings. The van der Waals surface area contributed by atoms with Crippen LogP contribution in [0.25, 0.3) is 0 Å². The van der Waals surface area contributed by atoms with Gasteiger partial charge in [0.2, 0.25) is 5.91 Å². The van der Waals surface area contributed by atoms with Gasteiger partial charge in [0.15, 0.2) is 5.13 Å². The Morgan fingerprint density at radius 3 is 3.21 bits per heavy atom. The Bertz CT molecular complexity index is 306. The molecule has 14 heavy (non-hydrogen) atoms. The lowest BCUT2D eigenvalue weighted by atomic mass is 10.1. The van der Waals surface area contributed by atoms with Gasteiger partial charge in [-0.3, -0.25) is 9.69 Å². The second-order valence-electron chi connectivity index (χ2n) is 3.40. The standard InChI is InChI=1S/C9H13N3OS/c1-12(9-11-4-5-14-9)8(13)7-2-3-10-6-7/h4-5,7,10H,2-3,6H2,1H3/t7-/m1/s1. The van der Waals surface area contributed by atoms with Crippen molar-refractivity contribution in [3.63, 3.8) is 0 Å². The molecule has 0 spiro atoms. The molecule has 5 heteroatoms. The molecule has 0 saturated carbocycles. The van der Waals surface area contributed by atoms with Crippen LogP contribution in [0.1, 0.15) is 6.42 Å². The highest BCUT2D eigenvalue weighted by atomic mass is 32.1. The predicted molar refractivity (Wildman–Crippen MR) is 56.5 cm³/mol. The summed E-state index contributed by atoms with van der Waals surface area (Å²) in [4.78, 5) is 17.7. The fourth-order valence-electron chi connectivity index (χ4n) is 1.62. The summed E-state index contributed by atoms with van der Waals surface area (Å²) in [6, 6.07) is 0. The van der Waals surface area contributed by atoms with Crippen molar-refractivity contribution in [1.29, 1.82) is 0 Å². The minimum Gasteiger partial charge on any atom is -0.316 e. The van der Waals surface area contributed by atoms with Crippen molar-refractivity contribution in [2.75, 3.05) is 25.0 Å². The first-order valence-electron chi connectivity index (χ1n) is 4.67. The van der Waals surface area contributed by atoms with Crippen LogP contribution in [0.15, 0.2) is 11.6 Å². The molecular weight excluding hydrogens is 198 g/mol. The molecule has 2 rings (SSSR count). The van der Waals surface area contributed by atoms with Gasteiger partial charge < -0.3 is 5.32 Å². The number of amides is 1. The molecule has 0 aliphatic carbocycles. The van der Waals surface area contributed by atoms with E-state index in [4.69, 9.17) is 0 Å². The van der Waals surface area contributed by atoms with Crippen LogP contribution < -0.4 is 10.2 Å². The first-order chi connectivity index (χ1) is 6.79. The largest absolute Gasteiger partial charge is 0.316 e. The zero-order chi connectivity index (χ0) is 9.97. The Morgan fingerprint density at radius 2 is 2.64 bits per heavy atom. The summed E-state index contributed by atoms with van der Waals surface area (Å²) in [5.41, 5.74) is 0. The zero-order valence-corrected chi connectivity index (χ0v) is 8.88. The fraction of sp³-hybridized carbons (Fsp3) is 0.556. The summed E-state index contributed by atoms with van der Waals surface area (Å²) in [6.07, 6.45) is 2.66. The maximum absolute atomic E-state index is 11.9. The Kier molecular flexibility index (Phi) is 2.79. The molecule has 1 aliphatic heterocycles. The molecule has 1 aliphatic rings. The van der Waals surface area contributed by atoms with E-state index in [0.717, 1.165) is 24.6 Å². The van der Waals surface area contributed by atoms with Crippen LogP contribution in [0.4, 0.5) is 5.13 Å². The van der Waals surface area contributed by atoms with Gasteiger partial charge in [-0.2, -0.15) is 0 Å². The summed E-state index contributed by atoms with van der Waals surface area (Å²) in [5.74, 6) is 0.300. The maximum atomic E-state index is 11.9. The highest BCUT2D eigenvalue weighted by molar-refractivity contribution is 7.13. The predicted octanol–water partition coefficient (Wildman–Crippen LogP) is 0.715. The van der Waals surface area contributed by atoms with E-state index in [0.29, 0.717) is 0 Å². The molecule has 1 amide bonds. The van der Waals surface area contributed by atoms with Gasteiger partial charge >= 0.3 is 0 Å². The van der Waals surface area contributed by atoms with Gasteiger partial charge in [0, 0.05) is 25.2 Å². The first-order valence-corrected chi connectivity index (χ1v) is 5.55. The SMILES string of the molecule is CN(C(=O)[C@@H]1CCNC1)c1nccs1. The van der Waals surface area contributed by atoms with Gasteiger partial charge in [0.05, 0.1) is 5.92 Å². The van der Waals surface area contributed by atoms with Gasteiger partial charge in [-0.05, 0) is 13.0 Å². The van der Waals surface area contributed by atoms with Gasteiger partial charge in [-0.25, -0.2) is 4.98 Å². The van der Waals surface area contributed by atoms with Crippen molar-refractivity contribution in [2.24, 2.45) is 5.92 Å². The Morgan fingerprint density at radius 1 is 1.79 bits per heavy atom. The van der Waals surface area contributed by atoms with Gasteiger partial charge in [-0.15, -0.1) is 11.3 Å². The number of rotatable bonds is 2. The van der Waals surface area contributed by atoms with E-state index in [-0.39, 0.29) is 11.8 Å². The Labute approximate surface area is 86.9 Å². The summed E-state index contributed by atoms with van der Waals surface area (Å²) in [5, 5.41) is 5.85. The van der Waals surface area contributed by atoms with Gasteiger partial charge in [0.1, 0.15) is 0 Å². The third-order valence-electron chi connectivity index (χ3n) is 2.45. The smallest absolute Gasteiger partial charge is 0.232 e. The topological polar surface area (TPSA) is 45.2 Å². The number of hydrogen-bond acceptors (Lipinski definition) is 4. The van der Waals surface area contributed by atoms with Crippen LogP contribution in [0.2, 0.25) is 0 Å². The van der Waals surface area contributed by atoms with Crippen LogP contribution in [-0.2, 0) is 4.79 Å². The molecule has 1 atom stereocenters. The van der Waals surface area contributed by atoms with Crippen LogP contribution in [-0.4, -0.2) is 31.0 Å². The summed E-state index contributed by atoms with van der Waals surface area (Å²) in [7, 11) is 1.79. The number of nitrogens with one attached hydrogen (secondary N) is 1. The molecule has 0 radical (unpaired) electrons. The average Bonchev–Trinajstić information content (AvgIpc) is 2.87. The van der Waals surface area contributed by atoms with E-state index in [2.05, 4.69) is 10.3 Å². The third-order valence-corrected chi connectivity index (χ3v) is 3.29. The van der Waals surface area contributed by atoms with E-state index in [1.54, 1.807) is 18.1 Å². The molecule has 4 nitrogen and oxygen atoms in total. The van der Waals surface area contributed by atoms with Crippen LogP contribution in [0.3, 0.4) is 0 Å². The van der Waals surface area contributed by atoms with E-state index in [1.165, 1.54) is 11.3 Å². The minimum atomic E-state index is 0.129. The summed E-state index contributed by atoms with van der Waals surface area (Å²) in [6.45, 7) is 1.75. The van der Waals surface area contributed by atoms with Crippen molar-refractivity contribution in [3.8, 4) is 0 Å². The van der Waals surface area contributed by atoms with Crippen LogP contribution >= 0.6 is 11.3 Å². The third kappa shape index (κ3) is 1.78. The molecule has 2 heterocycles. The monoisotopic (exact) mass is 211 g/mol. The maximum Gasteiger partial charge on any atom is 0.232 e. The molecule has 0 bridgehead atoms. The van der Waals surface area contributed by atoms with Gasteiger partial charge in [0.25, 0.3) is 0 Å². The van der Waals surface area contributed by atoms with Crippen molar-refractivity contribution in [1.82, 2.24) is 10.3 Å². The minimum absolute atomic E-state index is 0.129. The van der Waals surface area contributed by atoms with Crippen molar-refractivity contribution in [3.05, 3.63) is 11.6 Å². The fourth-order valence-corrected chi connectivity index (χ4v) is 2.23. The van der Waals surface area contributed by atoms with E-state index in [9.17, 15) is 4.79 Å². The summed E-state index contributed by atoms with van der Waals surface area (Å²) < 4.78 is 0. The molecule has 0 aromatic carbocycles. The number of carbonyl (C=O) groups excluding carboxylic acids is 1. The molecule has 76 valence electrons. The second-order valence-corrected chi connectivity index (χ2v) is 4.27. The normalized spacial score (nSPS) is 21.1. The lowest BCUT2D eigenvalue weighted by Crippen LogP contribution is -2.33. The Balaban J connectivity index is 2.04. The second kappa shape index (κ2) is 4.06. The van der Waals surface area contributed by atoms with E-state index in [1.807, 2.05) is 5.38 Å². The van der Waals surface area contributed by atoms with Crippen LogP contribution in [0, 0.1) is 5.92 Å². The number of thiazole rings is 1. The zero-order valence-electron chi connectivity index (χ0n) is 8.06. The average molecular weight is 211 g/mol. The summed E-state index contributed by atoms with van der Waals surface area (Å²) >= 11 is 1.49. The molecule has 1 saturated heterocycles. The van der Waals surface area contributed by atoms with E-state index >= 15 is 0 Å². The number of carbonyl (C=O) groups is 1. The van der Waals surface area contributed by atoms with Gasteiger partial charge in [-0.1, -0.05) is 0 Å². The quantitative estimate of drug-likeness (QED) is 0.784. The number of nitrogens with zero attached hydrogens (tertiary/aromatic N) is 2. The Hall–Kier alpha value is -0.940. The number of anilines is 1. The van der Waals surface area contributed by atoms with Crippen LogP contribution in [0.5, 0.6) is 0 Å². The van der Waals surface area contributed by atoms with Crippen molar-refractivity contribution in [2.45, 2.75) is 6.42 Å². The first kappa shape index (κ1) is 9.61. The molecule has 1 fully saturated rings. The molecule has 0 unspecified atom stereocenters. The molecule has 1 N–H and O–H groups in total. The van der Waals surface area contributed by atoms with Crippen molar-refractivity contribution < 1.29 is 4.79 Å².